The van der Waals surface area contributed by atoms with Crippen LogP contribution in [0.5, 0.6) is 0 Å². The molecule has 17 heterocycles. The number of imidazole rings is 4. The standard InChI is InChI=1S/C24H29N7.C22H23N9.C22H14N8.2C2H6/c1-3-19-18(13-16(2)17-7-9-25-10-8-17)22(30-29-19)24-27-20-14-26-15-21(23(20)28-24)31-11-5-4-6-12-31;1-13-24-12-18(30(13)2)15-8-14-16(10-25-15)28-29-20(14)22-26-17-9-23-11-19(21(17)27-22)31-6-4-3-5-7-31;1-3-7-24-15(5-1)14-10-23-11-19-20(14)28-22(27-19)21-13-9-17(16-6-2-4-8-25-16)26-12-18(13)29-30-21;2*1-2/h3,7,13-15,25,29H,2,4-6,8-12H2,1H3,(H,27,28);8-12H,3-7H2,1-2H3,(H,26,27)(H,28,29);1-12H,(H,27,28)(H,29,30);2*1-2H3/b18-13+,19-3+;;;;. The van der Waals surface area contributed by atoms with Crippen LogP contribution in [0.25, 0.3) is 136 Å². The fourth-order valence-corrected chi connectivity index (χ4v) is 12.4. The Labute approximate surface area is 554 Å². The smallest absolute Gasteiger partial charge is 0.159 e. The van der Waals surface area contributed by atoms with Gasteiger partial charge in [0.25, 0.3) is 0 Å². The largest absolute Gasteiger partial charge is 0.368 e. The average molecular weight is 1280 g/mol. The van der Waals surface area contributed by atoms with Gasteiger partial charge in [0.05, 0.1) is 122 Å². The summed E-state index contributed by atoms with van der Waals surface area (Å²) in [6.07, 6.45) is 34.8. The van der Waals surface area contributed by atoms with E-state index in [4.69, 9.17) is 15.0 Å². The van der Waals surface area contributed by atoms with Crippen molar-refractivity contribution in [1.82, 2.24) is 110 Å². The molecule has 7 N–H and O–H groups in total. The van der Waals surface area contributed by atoms with Crippen molar-refractivity contribution in [3.8, 4) is 68.6 Å². The zero-order chi connectivity index (χ0) is 66.1. The summed E-state index contributed by atoms with van der Waals surface area (Å²) in [5.74, 6) is 3.08. The van der Waals surface area contributed by atoms with E-state index in [1.807, 2.05) is 145 Å². The summed E-state index contributed by atoms with van der Waals surface area (Å²) in [5, 5.41) is 30.1. The second kappa shape index (κ2) is 28.9. The monoisotopic (exact) mass is 1280 g/mol. The van der Waals surface area contributed by atoms with Gasteiger partial charge in [-0.2, -0.15) is 15.3 Å². The minimum Gasteiger partial charge on any atom is -0.368 e. The van der Waals surface area contributed by atoms with Gasteiger partial charge in [-0.15, -0.1) is 0 Å². The van der Waals surface area contributed by atoms with Gasteiger partial charge in [0.15, 0.2) is 17.5 Å². The van der Waals surface area contributed by atoms with E-state index in [1.165, 1.54) is 44.1 Å². The van der Waals surface area contributed by atoms with Gasteiger partial charge in [-0.3, -0.25) is 50.2 Å². The lowest BCUT2D eigenvalue weighted by atomic mass is 10.0. The number of pyridine rings is 7. The Morgan fingerprint density at radius 1 is 0.531 bits per heavy atom. The average Bonchev–Trinajstić information content (AvgIpc) is 1.64. The van der Waals surface area contributed by atoms with Crippen molar-refractivity contribution >= 4 is 78.4 Å². The molecule has 0 aromatic carbocycles. The van der Waals surface area contributed by atoms with E-state index < -0.39 is 0 Å². The number of aromatic amines is 6. The van der Waals surface area contributed by atoms with Crippen LogP contribution in [0.1, 0.15) is 85.4 Å². The zero-order valence-corrected chi connectivity index (χ0v) is 55.2. The number of aryl methyl sites for hydroxylation is 1. The number of hydrogen-bond donors (Lipinski definition) is 7. The highest BCUT2D eigenvalue weighted by molar-refractivity contribution is 5.98. The van der Waals surface area contributed by atoms with E-state index in [0.717, 1.165) is 191 Å². The van der Waals surface area contributed by atoms with E-state index in [1.54, 1.807) is 31.0 Å². The molecule has 3 aliphatic rings. The molecule has 24 heteroatoms. The minimum absolute atomic E-state index is 0.652. The second-order valence-electron chi connectivity index (χ2n) is 23.1. The lowest BCUT2D eigenvalue weighted by Gasteiger charge is -2.28. The number of H-pyrrole nitrogens is 6. The number of piperidine rings is 2. The van der Waals surface area contributed by atoms with Crippen molar-refractivity contribution < 1.29 is 0 Å². The number of rotatable bonds is 10. The number of fused-ring (bicyclic) bond motifs is 5. The molecule has 2 saturated heterocycles. The molecular formula is C72H78N24. The molecule has 24 nitrogen and oxygen atoms in total. The first-order valence-electron chi connectivity index (χ1n) is 33.1. The van der Waals surface area contributed by atoms with Crippen LogP contribution in [0.4, 0.5) is 11.4 Å². The quantitative estimate of drug-likeness (QED) is 0.0669. The van der Waals surface area contributed by atoms with Gasteiger partial charge in [-0.1, -0.05) is 58.6 Å². The molecule has 17 rings (SSSR count). The van der Waals surface area contributed by atoms with Crippen LogP contribution in [0.15, 0.2) is 140 Å². The van der Waals surface area contributed by atoms with Crippen molar-refractivity contribution in [1.29, 1.82) is 0 Å². The van der Waals surface area contributed by atoms with E-state index in [2.05, 4.69) is 119 Å². The summed E-state index contributed by atoms with van der Waals surface area (Å²) in [7, 11) is 1.99. The van der Waals surface area contributed by atoms with Crippen LogP contribution >= 0.6 is 0 Å². The molecule has 3 aliphatic heterocycles. The normalized spacial score (nSPS) is 14.4. The first kappa shape index (κ1) is 63.4. The Morgan fingerprint density at radius 3 is 1.60 bits per heavy atom. The maximum absolute atomic E-state index is 4.98. The Bertz CT molecular complexity index is 5170. The molecule has 2 fully saturated rings. The first-order chi connectivity index (χ1) is 47.3. The maximum Gasteiger partial charge on any atom is 0.159 e. The first-order valence-corrected chi connectivity index (χ1v) is 33.1. The molecule has 486 valence electrons. The van der Waals surface area contributed by atoms with Gasteiger partial charge in [-0.05, 0) is 119 Å². The van der Waals surface area contributed by atoms with Gasteiger partial charge in [0.2, 0.25) is 0 Å². The van der Waals surface area contributed by atoms with Crippen LogP contribution in [-0.4, -0.2) is 144 Å². The number of nitrogens with zero attached hydrogens (tertiary/aromatic N) is 17. The topological polar surface area (TPSA) is 299 Å². The number of allylic oxidation sites excluding steroid dienone is 1. The minimum atomic E-state index is 0.652. The molecule has 0 unspecified atom stereocenters. The van der Waals surface area contributed by atoms with Crippen LogP contribution in [0.3, 0.4) is 0 Å². The van der Waals surface area contributed by atoms with Crippen LogP contribution < -0.4 is 25.7 Å². The Hall–Kier alpha value is -11.4. The van der Waals surface area contributed by atoms with E-state index in [9.17, 15) is 0 Å². The Kier molecular flexibility index (Phi) is 19.0. The molecule has 0 spiro atoms. The molecule has 0 atom stereocenters. The lowest BCUT2D eigenvalue weighted by Crippen LogP contribution is -2.29. The molecule has 0 saturated carbocycles. The van der Waals surface area contributed by atoms with Crippen molar-refractivity contribution in [2.75, 3.05) is 49.1 Å². The third-order valence-electron chi connectivity index (χ3n) is 17.4. The van der Waals surface area contributed by atoms with Crippen molar-refractivity contribution in [2.45, 2.75) is 86.5 Å². The molecule has 0 aliphatic carbocycles. The molecule has 0 bridgehead atoms. The third kappa shape index (κ3) is 12.9. The Morgan fingerprint density at radius 2 is 1.06 bits per heavy atom. The van der Waals surface area contributed by atoms with Gasteiger partial charge in [0, 0.05) is 79.9 Å². The summed E-state index contributed by atoms with van der Waals surface area (Å²) in [6, 6.07) is 15.5. The molecule has 14 aromatic heterocycles. The summed E-state index contributed by atoms with van der Waals surface area (Å²) in [6.45, 7) is 22.4. The summed E-state index contributed by atoms with van der Waals surface area (Å²) < 4.78 is 2.03. The van der Waals surface area contributed by atoms with Crippen LogP contribution in [0, 0.1) is 6.92 Å². The number of hydrogen-bond acceptors (Lipinski definition) is 17. The van der Waals surface area contributed by atoms with Crippen molar-refractivity contribution in [3.05, 3.63) is 157 Å². The van der Waals surface area contributed by atoms with Gasteiger partial charge < -0.3 is 34.6 Å². The number of anilines is 2. The van der Waals surface area contributed by atoms with E-state index in [-0.39, 0.29) is 0 Å². The number of aromatic nitrogens is 21. The van der Waals surface area contributed by atoms with E-state index >= 15 is 0 Å². The van der Waals surface area contributed by atoms with Gasteiger partial charge >= 0.3 is 0 Å². The third-order valence-corrected chi connectivity index (χ3v) is 17.4. The molecule has 14 aromatic rings. The fourth-order valence-electron chi connectivity index (χ4n) is 12.4. The summed E-state index contributed by atoms with van der Waals surface area (Å²) >= 11 is 0. The SMILES string of the molecule is C=C(/C=c1/c(-c2nc3c(N4CCCCC4)cncc3[nH]2)n[nH]/c1=C/C)C1=CCNCC1.CC.CC.Cc1ncc(-c2cc3c(-c4nc5c(N6CCCCC6)cncc5[nH]4)n[nH]c3cn2)n1C.c1ccc(-c2cc3c(-c4nc5c(-c6ccccn6)cncc5[nH]4)n[nH]c3cn2)nc1. The second-order valence-corrected chi connectivity index (χ2v) is 23.1. The summed E-state index contributed by atoms with van der Waals surface area (Å²) in [4.78, 5) is 65.3. The lowest BCUT2D eigenvalue weighted by molar-refractivity contribution is 0.578. The van der Waals surface area contributed by atoms with Crippen molar-refractivity contribution in [2.24, 2.45) is 7.05 Å². The molecule has 0 amide bonds. The molecule has 0 radical (unpaired) electrons. The molecular weight excluding hydrogens is 1200 g/mol. The maximum atomic E-state index is 4.98. The summed E-state index contributed by atoms with van der Waals surface area (Å²) in [5.41, 5.74) is 19.0. The predicted molar refractivity (Wildman–Crippen MR) is 382 cm³/mol. The van der Waals surface area contributed by atoms with Crippen LogP contribution in [-0.2, 0) is 7.05 Å². The van der Waals surface area contributed by atoms with Gasteiger partial charge in [-0.25, -0.2) is 19.9 Å². The van der Waals surface area contributed by atoms with E-state index in [0.29, 0.717) is 11.5 Å². The highest BCUT2D eigenvalue weighted by Gasteiger charge is 2.23. The highest BCUT2D eigenvalue weighted by atomic mass is 15.2. The zero-order valence-electron chi connectivity index (χ0n) is 55.2. The fraction of sp³-hybridized carbons (Fsp3) is 0.278. The van der Waals surface area contributed by atoms with Gasteiger partial charge in [0.1, 0.15) is 39.5 Å². The number of nitrogens with one attached hydrogen (secondary N) is 7. The molecule has 96 heavy (non-hydrogen) atoms. The Balaban J connectivity index is 0.000000127. The highest BCUT2D eigenvalue weighted by Crippen LogP contribution is 2.35. The predicted octanol–water partition coefficient (Wildman–Crippen LogP) is 12.1. The van der Waals surface area contributed by atoms with Crippen LogP contribution in [0.2, 0.25) is 0 Å². The van der Waals surface area contributed by atoms with Crippen molar-refractivity contribution in [3.63, 3.8) is 0 Å².